The van der Waals surface area contributed by atoms with Gasteiger partial charge in [-0.3, -0.25) is 24.5 Å². The molecule has 3 amide bonds. The highest BCUT2D eigenvalue weighted by Gasteiger charge is 2.40. The van der Waals surface area contributed by atoms with Gasteiger partial charge >= 0.3 is 0 Å². The van der Waals surface area contributed by atoms with Gasteiger partial charge in [0.1, 0.15) is 6.04 Å². The van der Waals surface area contributed by atoms with Crippen LogP contribution in [0.25, 0.3) is 0 Å². The van der Waals surface area contributed by atoms with Crippen LogP contribution in [0.4, 0.5) is 13.2 Å². The zero-order chi connectivity index (χ0) is 29.9. The lowest BCUT2D eigenvalue weighted by atomic mass is 9.84. The number of nitrogens with zero attached hydrogens (tertiary/aromatic N) is 3. The van der Waals surface area contributed by atoms with Crippen molar-refractivity contribution in [2.24, 2.45) is 17.3 Å². The van der Waals surface area contributed by atoms with Crippen LogP contribution < -0.4 is 5.32 Å². The second-order valence-electron chi connectivity index (χ2n) is 13.0. The SMILES string of the molecule is CC(C)(C)[C@H](NC(=O)[C@H](CC1CCCC1)CN(O)C=O)C(=O)N1CCC(N2CCc3cc(F)c(F)c(F)c3C2)CC1. The number of benzene rings is 1. The maximum atomic E-state index is 14.5. The first kappa shape index (κ1) is 31.3. The summed E-state index contributed by atoms with van der Waals surface area (Å²) >= 11 is 0. The monoisotopic (exact) mass is 580 g/mol. The average molecular weight is 581 g/mol. The molecule has 2 N–H and O–H groups in total. The normalized spacial score (nSPS) is 20.4. The molecule has 0 spiro atoms. The summed E-state index contributed by atoms with van der Waals surface area (Å²) in [5.41, 5.74) is 0.114. The summed E-state index contributed by atoms with van der Waals surface area (Å²) in [5, 5.41) is 13.3. The number of hydrogen-bond donors (Lipinski definition) is 2. The Balaban J connectivity index is 1.38. The van der Waals surface area contributed by atoms with E-state index in [9.17, 15) is 32.8 Å². The summed E-state index contributed by atoms with van der Waals surface area (Å²) in [6.45, 7) is 7.25. The molecule has 228 valence electrons. The number of rotatable bonds is 9. The molecule has 4 rings (SSSR count). The largest absolute Gasteiger partial charge is 0.344 e. The van der Waals surface area contributed by atoms with Gasteiger partial charge in [-0.1, -0.05) is 46.5 Å². The Hall–Kier alpha value is -2.66. The third kappa shape index (κ3) is 7.41. The molecule has 0 radical (unpaired) electrons. The van der Waals surface area contributed by atoms with Crippen molar-refractivity contribution in [1.29, 1.82) is 0 Å². The smallest absolute Gasteiger partial charge is 0.245 e. The fourth-order valence-corrected chi connectivity index (χ4v) is 6.66. The van der Waals surface area contributed by atoms with Crippen molar-refractivity contribution in [2.45, 2.75) is 90.8 Å². The van der Waals surface area contributed by atoms with Crippen molar-refractivity contribution in [2.75, 3.05) is 26.2 Å². The van der Waals surface area contributed by atoms with E-state index < -0.39 is 34.8 Å². The van der Waals surface area contributed by atoms with E-state index >= 15 is 0 Å². The molecule has 2 atom stereocenters. The maximum absolute atomic E-state index is 14.5. The number of fused-ring (bicyclic) bond motifs is 1. The van der Waals surface area contributed by atoms with Crippen molar-refractivity contribution >= 4 is 18.2 Å². The average Bonchev–Trinajstić information content (AvgIpc) is 3.46. The second kappa shape index (κ2) is 13.1. The van der Waals surface area contributed by atoms with Gasteiger partial charge in [-0.05, 0) is 48.6 Å². The second-order valence-corrected chi connectivity index (χ2v) is 13.0. The highest BCUT2D eigenvalue weighted by molar-refractivity contribution is 5.89. The third-order valence-corrected chi connectivity index (χ3v) is 9.07. The minimum absolute atomic E-state index is 0.0667. The molecule has 8 nitrogen and oxygen atoms in total. The number of halogens is 3. The summed E-state index contributed by atoms with van der Waals surface area (Å²) in [5.74, 6) is -4.54. The van der Waals surface area contributed by atoms with E-state index in [1.54, 1.807) is 4.90 Å². The minimum Gasteiger partial charge on any atom is -0.344 e. The van der Waals surface area contributed by atoms with Crippen LogP contribution in [0.2, 0.25) is 0 Å². The lowest BCUT2D eigenvalue weighted by molar-refractivity contribution is -0.156. The Bertz CT molecular complexity index is 1110. The number of likely N-dealkylation sites (tertiary alicyclic amines) is 1. The Morgan fingerprint density at radius 3 is 2.37 bits per heavy atom. The zero-order valence-electron chi connectivity index (χ0n) is 24.3. The van der Waals surface area contributed by atoms with E-state index in [1.807, 2.05) is 20.8 Å². The first-order valence-corrected chi connectivity index (χ1v) is 14.8. The fraction of sp³-hybridized carbons (Fsp3) is 0.700. The van der Waals surface area contributed by atoms with Crippen LogP contribution in [0.3, 0.4) is 0 Å². The van der Waals surface area contributed by atoms with Crippen LogP contribution >= 0.6 is 0 Å². The highest BCUT2D eigenvalue weighted by atomic mass is 19.2. The minimum atomic E-state index is -1.44. The number of carbonyl (C=O) groups excluding carboxylic acids is 3. The lowest BCUT2D eigenvalue weighted by Gasteiger charge is -2.42. The van der Waals surface area contributed by atoms with Crippen molar-refractivity contribution in [3.8, 4) is 0 Å². The van der Waals surface area contributed by atoms with Gasteiger partial charge in [-0.15, -0.1) is 0 Å². The van der Waals surface area contributed by atoms with Gasteiger partial charge in [0.25, 0.3) is 0 Å². The molecule has 0 unspecified atom stereocenters. The van der Waals surface area contributed by atoms with E-state index in [2.05, 4.69) is 10.2 Å². The quantitative estimate of drug-likeness (QED) is 0.199. The molecular formula is C30H43F3N4O4. The van der Waals surface area contributed by atoms with Crippen LogP contribution in [0.1, 0.15) is 76.8 Å². The van der Waals surface area contributed by atoms with Gasteiger partial charge in [0.2, 0.25) is 18.2 Å². The van der Waals surface area contributed by atoms with Crippen LogP contribution in [0, 0.1) is 34.7 Å². The Kier molecular flexibility index (Phi) is 10.00. The van der Waals surface area contributed by atoms with E-state index in [0.29, 0.717) is 61.9 Å². The molecular weight excluding hydrogens is 537 g/mol. The van der Waals surface area contributed by atoms with Gasteiger partial charge in [-0.25, -0.2) is 18.2 Å². The van der Waals surface area contributed by atoms with Crippen molar-refractivity contribution < 1.29 is 32.8 Å². The molecule has 11 heteroatoms. The van der Waals surface area contributed by atoms with Crippen LogP contribution in [-0.4, -0.2) is 76.6 Å². The molecule has 3 aliphatic rings. The highest BCUT2D eigenvalue weighted by Crippen LogP contribution is 2.32. The fourth-order valence-electron chi connectivity index (χ4n) is 6.66. The standard InChI is InChI=1S/C30H43F3N4O4/c1-30(2,3)27(34-28(39)21(16-37(41)18-38)14-19-6-4-5-7-19)29(40)35-12-9-22(10-13-35)36-11-8-20-15-24(31)26(33)25(32)23(20)17-36/h15,18-19,21-22,27,41H,4-14,16-17H2,1-3H3,(H,34,39)/t21-,27-/m1/s1. The number of hydroxylamine groups is 2. The molecule has 2 fully saturated rings. The molecule has 1 aromatic carbocycles. The molecule has 1 saturated heterocycles. The molecule has 1 saturated carbocycles. The Labute approximate surface area is 240 Å². The summed E-state index contributed by atoms with van der Waals surface area (Å²) in [6, 6.07) is 0.356. The third-order valence-electron chi connectivity index (χ3n) is 9.07. The summed E-state index contributed by atoms with van der Waals surface area (Å²) in [6.07, 6.45) is 6.76. The molecule has 0 aromatic heterocycles. The van der Waals surface area contributed by atoms with Crippen molar-refractivity contribution in [3.63, 3.8) is 0 Å². The van der Waals surface area contributed by atoms with E-state index in [1.165, 1.54) is 0 Å². The van der Waals surface area contributed by atoms with Crippen molar-refractivity contribution in [1.82, 2.24) is 20.2 Å². The number of amides is 3. The number of carbonyl (C=O) groups is 3. The van der Waals surface area contributed by atoms with E-state index in [0.717, 1.165) is 31.7 Å². The van der Waals surface area contributed by atoms with Crippen molar-refractivity contribution in [3.05, 3.63) is 34.6 Å². The zero-order valence-corrected chi connectivity index (χ0v) is 24.3. The van der Waals surface area contributed by atoms with E-state index in [-0.39, 0.29) is 42.9 Å². The predicted molar refractivity (Wildman–Crippen MR) is 146 cm³/mol. The van der Waals surface area contributed by atoms with Crippen LogP contribution in [0.15, 0.2) is 6.07 Å². The molecule has 2 heterocycles. The molecule has 41 heavy (non-hydrogen) atoms. The first-order valence-electron chi connectivity index (χ1n) is 14.8. The predicted octanol–water partition coefficient (Wildman–Crippen LogP) is 4.03. The van der Waals surface area contributed by atoms with E-state index in [4.69, 9.17) is 0 Å². The Morgan fingerprint density at radius 2 is 1.76 bits per heavy atom. The summed E-state index contributed by atoms with van der Waals surface area (Å²) in [7, 11) is 0. The van der Waals surface area contributed by atoms with Crippen LogP contribution in [0.5, 0.6) is 0 Å². The summed E-state index contributed by atoms with van der Waals surface area (Å²) < 4.78 is 42.0. The number of piperidine rings is 1. The first-order chi connectivity index (χ1) is 19.4. The van der Waals surface area contributed by atoms with Gasteiger partial charge < -0.3 is 10.2 Å². The topological polar surface area (TPSA) is 93.2 Å². The molecule has 0 bridgehead atoms. The number of hydrogen-bond acceptors (Lipinski definition) is 5. The van der Waals surface area contributed by atoms with Gasteiger partial charge in [0, 0.05) is 37.8 Å². The summed E-state index contributed by atoms with van der Waals surface area (Å²) in [4.78, 5) is 42.1. The Morgan fingerprint density at radius 1 is 1.10 bits per heavy atom. The molecule has 1 aliphatic carbocycles. The maximum Gasteiger partial charge on any atom is 0.245 e. The van der Waals surface area contributed by atoms with Gasteiger partial charge in [0.15, 0.2) is 17.5 Å². The van der Waals surface area contributed by atoms with Gasteiger partial charge in [-0.2, -0.15) is 0 Å². The molecule has 1 aromatic rings. The van der Waals surface area contributed by atoms with Crippen LogP contribution in [-0.2, 0) is 27.3 Å². The number of nitrogens with one attached hydrogen (secondary N) is 1. The molecule has 2 aliphatic heterocycles. The van der Waals surface area contributed by atoms with Gasteiger partial charge in [0.05, 0.1) is 12.5 Å². The lowest BCUT2D eigenvalue weighted by Crippen LogP contribution is -2.58.